The molecule has 4 aromatic rings. The maximum absolute atomic E-state index is 12.6. The van der Waals surface area contributed by atoms with Gasteiger partial charge in [0.1, 0.15) is 5.69 Å². The van der Waals surface area contributed by atoms with Crippen LogP contribution in [0, 0.1) is 0 Å². The fourth-order valence-corrected chi connectivity index (χ4v) is 4.05. The first kappa shape index (κ1) is 19.5. The summed E-state index contributed by atoms with van der Waals surface area (Å²) >= 11 is 1.40. The van der Waals surface area contributed by atoms with Crippen molar-refractivity contribution < 1.29 is 9.59 Å². The molecule has 2 amide bonds. The monoisotopic (exact) mass is 419 g/mol. The summed E-state index contributed by atoms with van der Waals surface area (Å²) in [5.74, 6) is -0.384. The average Bonchev–Trinajstić information content (AvgIpc) is 3.32. The molecule has 152 valence electrons. The second-order valence-electron chi connectivity index (χ2n) is 6.87. The van der Waals surface area contributed by atoms with Gasteiger partial charge in [0.2, 0.25) is 0 Å². The molecule has 0 saturated carbocycles. The minimum atomic E-state index is -0.199. The van der Waals surface area contributed by atoms with E-state index in [1.165, 1.54) is 11.3 Å². The number of aromatic nitrogens is 1. The van der Waals surface area contributed by atoms with Crippen LogP contribution < -0.4 is 21.7 Å². The topological polar surface area (TPSA) is 101 Å². The Morgan fingerprint density at radius 1 is 0.900 bits per heavy atom. The smallest absolute Gasteiger partial charge is 0.272 e. The normalized spacial score (nSPS) is 10.7. The summed E-state index contributed by atoms with van der Waals surface area (Å²) in [7, 11) is 3.63. The van der Waals surface area contributed by atoms with Crippen LogP contribution in [0.3, 0.4) is 0 Å². The Kier molecular flexibility index (Phi) is 5.16. The third-order valence-corrected chi connectivity index (χ3v) is 5.81. The van der Waals surface area contributed by atoms with Gasteiger partial charge in [0.25, 0.3) is 11.8 Å². The van der Waals surface area contributed by atoms with Gasteiger partial charge in [0.15, 0.2) is 0 Å². The molecule has 5 N–H and O–H groups in total. The standard InChI is InChI=1S/C22H21N5O2S/c1-24-17-11-18(27(2)12-17)21(28)26-16-7-8-19-13(9-16)10-20(30-19)22(29)25-15-5-3-14(23)4-6-15/h3-12,24H,23H2,1-2H3,(H,25,29)(H,26,28). The summed E-state index contributed by atoms with van der Waals surface area (Å²) < 4.78 is 2.73. The number of nitrogen functional groups attached to an aromatic ring is 1. The first-order valence-corrected chi connectivity index (χ1v) is 10.1. The van der Waals surface area contributed by atoms with Crippen LogP contribution in [0.5, 0.6) is 0 Å². The second kappa shape index (κ2) is 7.92. The van der Waals surface area contributed by atoms with E-state index in [2.05, 4.69) is 16.0 Å². The number of carbonyl (C=O) groups is 2. The quantitative estimate of drug-likeness (QED) is 0.361. The van der Waals surface area contributed by atoms with Gasteiger partial charge in [-0.1, -0.05) is 0 Å². The van der Waals surface area contributed by atoms with Gasteiger partial charge >= 0.3 is 0 Å². The van der Waals surface area contributed by atoms with Crippen molar-refractivity contribution in [1.29, 1.82) is 0 Å². The van der Waals surface area contributed by atoms with E-state index in [-0.39, 0.29) is 11.8 Å². The Morgan fingerprint density at radius 2 is 1.60 bits per heavy atom. The molecule has 0 aliphatic heterocycles. The second-order valence-corrected chi connectivity index (χ2v) is 7.95. The number of amides is 2. The number of nitrogens with zero attached hydrogens (tertiary/aromatic N) is 1. The minimum Gasteiger partial charge on any atom is -0.399 e. The van der Waals surface area contributed by atoms with Crippen LogP contribution in [0.4, 0.5) is 22.7 Å². The molecule has 0 radical (unpaired) electrons. The van der Waals surface area contributed by atoms with Crippen LogP contribution in [0.1, 0.15) is 20.2 Å². The largest absolute Gasteiger partial charge is 0.399 e. The third-order valence-electron chi connectivity index (χ3n) is 4.69. The molecule has 0 aliphatic rings. The lowest BCUT2D eigenvalue weighted by Gasteiger charge is -2.06. The summed E-state index contributed by atoms with van der Waals surface area (Å²) in [4.78, 5) is 25.8. The number of hydrogen-bond acceptors (Lipinski definition) is 5. The zero-order valence-corrected chi connectivity index (χ0v) is 17.3. The molecule has 0 saturated heterocycles. The molecule has 4 rings (SSSR count). The van der Waals surface area contributed by atoms with Crippen molar-refractivity contribution in [1.82, 2.24) is 4.57 Å². The molecule has 30 heavy (non-hydrogen) atoms. The molecule has 8 heteroatoms. The van der Waals surface area contributed by atoms with Crippen LogP contribution in [0.15, 0.2) is 60.8 Å². The first-order valence-electron chi connectivity index (χ1n) is 9.29. The van der Waals surface area contributed by atoms with E-state index in [4.69, 9.17) is 5.73 Å². The van der Waals surface area contributed by atoms with Crippen molar-refractivity contribution in [3.05, 3.63) is 71.4 Å². The summed E-state index contributed by atoms with van der Waals surface area (Å²) in [5.41, 5.74) is 9.09. The number of anilines is 4. The van der Waals surface area contributed by atoms with Gasteiger partial charge in [-0.15, -0.1) is 11.3 Å². The molecular formula is C22H21N5O2S. The number of thiophene rings is 1. The van der Waals surface area contributed by atoms with Crippen molar-refractivity contribution in [2.75, 3.05) is 28.7 Å². The zero-order chi connectivity index (χ0) is 21.3. The van der Waals surface area contributed by atoms with E-state index in [1.807, 2.05) is 44.6 Å². The molecule has 0 aliphatic carbocycles. The Balaban J connectivity index is 1.51. The highest BCUT2D eigenvalue weighted by atomic mass is 32.1. The molecule has 2 aromatic carbocycles. The Morgan fingerprint density at radius 3 is 2.30 bits per heavy atom. The highest BCUT2D eigenvalue weighted by Crippen LogP contribution is 2.29. The number of hydrogen-bond donors (Lipinski definition) is 4. The van der Waals surface area contributed by atoms with Crippen molar-refractivity contribution in [3.63, 3.8) is 0 Å². The molecule has 0 bridgehead atoms. The average molecular weight is 420 g/mol. The van der Waals surface area contributed by atoms with E-state index in [9.17, 15) is 9.59 Å². The number of nitrogens with one attached hydrogen (secondary N) is 3. The molecule has 2 heterocycles. The zero-order valence-electron chi connectivity index (χ0n) is 16.5. The molecule has 2 aromatic heterocycles. The lowest BCUT2D eigenvalue weighted by molar-refractivity contribution is 0.101. The SMILES string of the molecule is CNc1cc(C(=O)Nc2ccc3sc(C(=O)Nc4ccc(N)cc4)cc3c2)n(C)c1. The Bertz CT molecular complexity index is 1240. The van der Waals surface area contributed by atoms with Crippen molar-refractivity contribution >= 4 is 56.0 Å². The molecular weight excluding hydrogens is 398 g/mol. The highest BCUT2D eigenvalue weighted by molar-refractivity contribution is 7.20. The predicted molar refractivity (Wildman–Crippen MR) is 124 cm³/mol. The van der Waals surface area contributed by atoms with Crippen LogP contribution >= 0.6 is 11.3 Å². The third kappa shape index (κ3) is 3.99. The van der Waals surface area contributed by atoms with Gasteiger partial charge in [-0.2, -0.15) is 0 Å². The van der Waals surface area contributed by atoms with Gasteiger partial charge in [-0.3, -0.25) is 9.59 Å². The number of rotatable bonds is 5. The van der Waals surface area contributed by atoms with Gasteiger partial charge in [-0.05, 0) is 60.0 Å². The molecule has 0 unspecified atom stereocenters. The van der Waals surface area contributed by atoms with Crippen molar-refractivity contribution in [3.8, 4) is 0 Å². The van der Waals surface area contributed by atoms with Crippen LogP contribution in [0.2, 0.25) is 0 Å². The number of carbonyl (C=O) groups excluding carboxylic acids is 2. The van der Waals surface area contributed by atoms with E-state index in [1.54, 1.807) is 34.9 Å². The summed E-state index contributed by atoms with van der Waals surface area (Å²) in [5, 5.41) is 9.70. The van der Waals surface area contributed by atoms with Crippen molar-refractivity contribution in [2.45, 2.75) is 0 Å². The fraction of sp³-hybridized carbons (Fsp3) is 0.0909. The summed E-state index contributed by atoms with van der Waals surface area (Å²) in [6.07, 6.45) is 1.85. The fourth-order valence-electron chi connectivity index (χ4n) is 3.11. The van der Waals surface area contributed by atoms with Crippen molar-refractivity contribution in [2.24, 2.45) is 7.05 Å². The number of benzene rings is 2. The van der Waals surface area contributed by atoms with Gasteiger partial charge in [0, 0.05) is 42.1 Å². The van der Waals surface area contributed by atoms with E-state index < -0.39 is 0 Å². The van der Waals surface area contributed by atoms with Crippen LogP contribution in [-0.2, 0) is 7.05 Å². The summed E-state index contributed by atoms with van der Waals surface area (Å²) in [6, 6.07) is 16.2. The summed E-state index contributed by atoms with van der Waals surface area (Å²) in [6.45, 7) is 0. The number of aryl methyl sites for hydroxylation is 1. The predicted octanol–water partition coefficient (Wildman–Crippen LogP) is 4.37. The van der Waals surface area contributed by atoms with Gasteiger partial charge in [0.05, 0.1) is 10.6 Å². The van der Waals surface area contributed by atoms with Crippen LogP contribution in [-0.4, -0.2) is 23.4 Å². The number of fused-ring (bicyclic) bond motifs is 1. The molecule has 0 spiro atoms. The Hall–Kier alpha value is -3.78. The van der Waals surface area contributed by atoms with Gasteiger partial charge in [-0.25, -0.2) is 0 Å². The van der Waals surface area contributed by atoms with E-state index >= 15 is 0 Å². The maximum atomic E-state index is 12.6. The molecule has 0 atom stereocenters. The Labute approximate surface area is 177 Å². The number of nitrogens with two attached hydrogens (primary N) is 1. The highest BCUT2D eigenvalue weighted by Gasteiger charge is 2.14. The van der Waals surface area contributed by atoms with E-state index in [0.29, 0.717) is 27.6 Å². The maximum Gasteiger partial charge on any atom is 0.272 e. The lowest BCUT2D eigenvalue weighted by Crippen LogP contribution is -2.15. The van der Waals surface area contributed by atoms with E-state index in [0.717, 1.165) is 15.8 Å². The molecule has 7 nitrogen and oxygen atoms in total. The van der Waals surface area contributed by atoms with Gasteiger partial charge < -0.3 is 26.3 Å². The first-order chi connectivity index (χ1) is 14.4. The van der Waals surface area contributed by atoms with Crippen LogP contribution in [0.25, 0.3) is 10.1 Å². The lowest BCUT2D eigenvalue weighted by atomic mass is 10.2. The molecule has 0 fully saturated rings. The minimum absolute atomic E-state index is 0.185.